The minimum absolute atomic E-state index is 0.117. The number of nitrogens with zero attached hydrogens (tertiary/aromatic N) is 1. The standard InChI is InChI=1S/C15H14N2O3/c18-17(19)14-3-1-2-11(8-14)10-16-13-4-5-15-12(9-13)6-7-20-15/h1-5,8-9,16H,6-7,10H2. The summed E-state index contributed by atoms with van der Waals surface area (Å²) < 4.78 is 5.46. The van der Waals surface area contributed by atoms with E-state index in [9.17, 15) is 10.1 Å². The number of hydrogen-bond donors (Lipinski definition) is 1. The van der Waals surface area contributed by atoms with Crippen LogP contribution in [0.5, 0.6) is 5.75 Å². The van der Waals surface area contributed by atoms with Crippen molar-refractivity contribution in [3.05, 3.63) is 63.7 Å². The van der Waals surface area contributed by atoms with Crippen LogP contribution in [0.25, 0.3) is 0 Å². The number of nitrogens with one attached hydrogen (secondary N) is 1. The smallest absolute Gasteiger partial charge is 0.269 e. The first-order valence-electron chi connectivity index (χ1n) is 6.45. The van der Waals surface area contributed by atoms with Gasteiger partial charge in [-0.1, -0.05) is 12.1 Å². The maximum atomic E-state index is 10.7. The number of ether oxygens (including phenoxy) is 1. The number of benzene rings is 2. The average molecular weight is 270 g/mol. The SMILES string of the molecule is O=[N+]([O-])c1cccc(CNc2ccc3c(c2)CCO3)c1. The van der Waals surface area contributed by atoms with Crippen molar-refractivity contribution in [1.82, 2.24) is 0 Å². The second kappa shape index (κ2) is 5.21. The molecule has 0 atom stereocenters. The fourth-order valence-corrected chi connectivity index (χ4v) is 2.28. The zero-order chi connectivity index (χ0) is 13.9. The summed E-state index contributed by atoms with van der Waals surface area (Å²) >= 11 is 0. The molecule has 1 aliphatic rings. The average Bonchev–Trinajstić information content (AvgIpc) is 2.93. The highest BCUT2D eigenvalue weighted by atomic mass is 16.6. The van der Waals surface area contributed by atoms with Gasteiger partial charge in [0.2, 0.25) is 0 Å². The highest BCUT2D eigenvalue weighted by molar-refractivity contribution is 5.52. The lowest BCUT2D eigenvalue weighted by molar-refractivity contribution is -0.384. The van der Waals surface area contributed by atoms with Crippen LogP contribution in [-0.4, -0.2) is 11.5 Å². The molecule has 0 radical (unpaired) electrons. The Hall–Kier alpha value is -2.56. The van der Waals surface area contributed by atoms with Crippen molar-refractivity contribution in [3.8, 4) is 5.75 Å². The molecule has 0 saturated carbocycles. The van der Waals surface area contributed by atoms with Gasteiger partial charge in [0.05, 0.1) is 11.5 Å². The quantitative estimate of drug-likeness (QED) is 0.684. The molecule has 0 spiro atoms. The molecule has 0 amide bonds. The van der Waals surface area contributed by atoms with Crippen LogP contribution in [0.15, 0.2) is 42.5 Å². The maximum Gasteiger partial charge on any atom is 0.269 e. The van der Waals surface area contributed by atoms with E-state index in [1.807, 2.05) is 18.2 Å². The minimum atomic E-state index is -0.379. The normalized spacial score (nSPS) is 12.6. The Bertz CT molecular complexity index is 655. The summed E-state index contributed by atoms with van der Waals surface area (Å²) in [7, 11) is 0. The highest BCUT2D eigenvalue weighted by Crippen LogP contribution is 2.28. The minimum Gasteiger partial charge on any atom is -0.493 e. The van der Waals surface area contributed by atoms with E-state index in [-0.39, 0.29) is 10.6 Å². The molecule has 5 heteroatoms. The molecule has 0 aromatic heterocycles. The zero-order valence-electron chi connectivity index (χ0n) is 10.8. The van der Waals surface area contributed by atoms with Crippen LogP contribution in [-0.2, 0) is 13.0 Å². The van der Waals surface area contributed by atoms with Gasteiger partial charge in [-0.05, 0) is 29.3 Å². The van der Waals surface area contributed by atoms with E-state index in [4.69, 9.17) is 4.74 Å². The first-order chi connectivity index (χ1) is 9.72. The third-order valence-corrected chi connectivity index (χ3v) is 3.31. The van der Waals surface area contributed by atoms with Crippen LogP contribution >= 0.6 is 0 Å². The van der Waals surface area contributed by atoms with E-state index in [0.29, 0.717) is 6.54 Å². The molecule has 0 fully saturated rings. The van der Waals surface area contributed by atoms with Crippen LogP contribution in [0, 0.1) is 10.1 Å². The Labute approximate surface area is 116 Å². The van der Waals surface area contributed by atoms with Crippen LogP contribution in [0.4, 0.5) is 11.4 Å². The second-order valence-corrected chi connectivity index (χ2v) is 4.70. The summed E-state index contributed by atoms with van der Waals surface area (Å²) in [4.78, 5) is 10.3. The molecule has 3 rings (SSSR count). The monoisotopic (exact) mass is 270 g/mol. The van der Waals surface area contributed by atoms with Crippen LogP contribution in [0.2, 0.25) is 0 Å². The lowest BCUT2D eigenvalue weighted by Gasteiger charge is -2.08. The highest BCUT2D eigenvalue weighted by Gasteiger charge is 2.12. The molecule has 0 unspecified atom stereocenters. The summed E-state index contributed by atoms with van der Waals surface area (Å²) in [6.07, 6.45) is 0.932. The van der Waals surface area contributed by atoms with E-state index >= 15 is 0 Å². The number of non-ortho nitro benzene ring substituents is 1. The maximum absolute atomic E-state index is 10.7. The van der Waals surface area contributed by atoms with E-state index in [2.05, 4.69) is 11.4 Å². The summed E-state index contributed by atoms with van der Waals surface area (Å²) in [5.74, 6) is 0.950. The van der Waals surface area contributed by atoms with Gasteiger partial charge in [0, 0.05) is 30.8 Å². The Morgan fingerprint density at radius 3 is 3.00 bits per heavy atom. The molecular weight excluding hydrogens is 256 g/mol. The van der Waals surface area contributed by atoms with Crippen molar-refractivity contribution in [2.75, 3.05) is 11.9 Å². The topological polar surface area (TPSA) is 64.4 Å². The van der Waals surface area contributed by atoms with Crippen LogP contribution in [0.1, 0.15) is 11.1 Å². The molecule has 5 nitrogen and oxygen atoms in total. The predicted octanol–water partition coefficient (Wildman–Crippen LogP) is 3.14. The fraction of sp³-hybridized carbons (Fsp3) is 0.200. The molecule has 1 heterocycles. The van der Waals surface area contributed by atoms with Gasteiger partial charge in [0.1, 0.15) is 5.75 Å². The van der Waals surface area contributed by atoms with Gasteiger partial charge in [-0.3, -0.25) is 10.1 Å². The van der Waals surface area contributed by atoms with Crippen molar-refractivity contribution >= 4 is 11.4 Å². The van der Waals surface area contributed by atoms with Gasteiger partial charge in [-0.15, -0.1) is 0 Å². The number of anilines is 1. The van der Waals surface area contributed by atoms with Gasteiger partial charge in [0.25, 0.3) is 5.69 Å². The van der Waals surface area contributed by atoms with Crippen molar-refractivity contribution in [2.24, 2.45) is 0 Å². The molecule has 102 valence electrons. The molecular formula is C15H14N2O3. The van der Waals surface area contributed by atoms with Gasteiger partial charge < -0.3 is 10.1 Å². The number of rotatable bonds is 4. The first-order valence-corrected chi connectivity index (χ1v) is 6.45. The largest absolute Gasteiger partial charge is 0.493 e. The molecule has 0 aliphatic carbocycles. The van der Waals surface area contributed by atoms with E-state index in [0.717, 1.165) is 30.0 Å². The number of hydrogen-bond acceptors (Lipinski definition) is 4. The van der Waals surface area contributed by atoms with Crippen LogP contribution in [0.3, 0.4) is 0 Å². The van der Waals surface area contributed by atoms with Gasteiger partial charge in [0.15, 0.2) is 0 Å². The number of nitro benzene ring substituents is 1. The molecule has 2 aromatic rings. The lowest BCUT2D eigenvalue weighted by atomic mass is 10.1. The Kier molecular flexibility index (Phi) is 3.25. The predicted molar refractivity (Wildman–Crippen MR) is 76.1 cm³/mol. The Balaban J connectivity index is 1.70. The molecule has 1 N–H and O–H groups in total. The van der Waals surface area contributed by atoms with Gasteiger partial charge in [-0.25, -0.2) is 0 Å². The summed E-state index contributed by atoms with van der Waals surface area (Å²) in [5.41, 5.74) is 3.21. The zero-order valence-corrected chi connectivity index (χ0v) is 10.8. The fourth-order valence-electron chi connectivity index (χ4n) is 2.28. The van der Waals surface area contributed by atoms with Crippen molar-refractivity contribution in [2.45, 2.75) is 13.0 Å². The summed E-state index contributed by atoms with van der Waals surface area (Å²) in [6.45, 7) is 1.30. The summed E-state index contributed by atoms with van der Waals surface area (Å²) in [5, 5.41) is 14.0. The van der Waals surface area contributed by atoms with Gasteiger partial charge in [-0.2, -0.15) is 0 Å². The van der Waals surface area contributed by atoms with Crippen molar-refractivity contribution in [1.29, 1.82) is 0 Å². The molecule has 2 aromatic carbocycles. The second-order valence-electron chi connectivity index (χ2n) is 4.70. The molecule has 1 aliphatic heterocycles. The number of nitro groups is 1. The molecule has 0 saturated heterocycles. The third-order valence-electron chi connectivity index (χ3n) is 3.31. The molecule has 20 heavy (non-hydrogen) atoms. The van der Waals surface area contributed by atoms with E-state index in [1.165, 1.54) is 11.6 Å². The number of fused-ring (bicyclic) bond motifs is 1. The first kappa shape index (κ1) is 12.5. The van der Waals surface area contributed by atoms with Crippen molar-refractivity contribution in [3.63, 3.8) is 0 Å². The lowest BCUT2D eigenvalue weighted by Crippen LogP contribution is -2.00. The van der Waals surface area contributed by atoms with E-state index < -0.39 is 0 Å². The van der Waals surface area contributed by atoms with Gasteiger partial charge >= 0.3 is 0 Å². The third kappa shape index (κ3) is 2.56. The summed E-state index contributed by atoms with van der Waals surface area (Å²) in [6, 6.07) is 12.6. The Morgan fingerprint density at radius 1 is 1.25 bits per heavy atom. The Morgan fingerprint density at radius 2 is 2.15 bits per heavy atom. The molecule has 0 bridgehead atoms. The van der Waals surface area contributed by atoms with Crippen molar-refractivity contribution < 1.29 is 9.66 Å². The van der Waals surface area contributed by atoms with E-state index in [1.54, 1.807) is 12.1 Å². The van der Waals surface area contributed by atoms with Crippen LogP contribution < -0.4 is 10.1 Å².